The van der Waals surface area contributed by atoms with Gasteiger partial charge in [0, 0.05) is 0 Å². The largest absolute Gasteiger partial charge is 0.204 e. The van der Waals surface area contributed by atoms with Gasteiger partial charge in [0.2, 0.25) is 0 Å². The molecule has 0 aliphatic rings. The topological polar surface area (TPSA) is 84.0 Å². The fraction of sp³-hybridized carbons (Fsp3) is 0. The molecule has 0 radical (unpaired) electrons. The van der Waals surface area contributed by atoms with Gasteiger partial charge < -0.3 is 0 Å². The molecule has 0 bridgehead atoms. The van der Waals surface area contributed by atoms with Gasteiger partial charge in [0.25, 0.3) is 0 Å². The van der Waals surface area contributed by atoms with E-state index >= 15 is 0 Å². The zero-order valence-electron chi connectivity index (χ0n) is 6.93. The molecule has 1 rings (SSSR count). The van der Waals surface area contributed by atoms with Crippen LogP contribution in [0, 0.1) is 40.1 Å². The van der Waals surface area contributed by atoms with E-state index in [2.05, 4.69) is 0 Å². The van der Waals surface area contributed by atoms with Crippen molar-refractivity contribution in [3.63, 3.8) is 0 Å². The lowest BCUT2D eigenvalue weighted by atomic mass is 10.2. The SMILES string of the molecule is N#Cc1cc(F)c(F)c(F)c1F.[N-]=[N+]=N. The van der Waals surface area contributed by atoms with Crippen molar-refractivity contribution in [3.8, 4) is 6.07 Å². The number of nitrogens with one attached hydrogen (secondary N) is 1. The monoisotopic (exact) mass is 218 g/mol. The minimum atomic E-state index is -1.97. The van der Waals surface area contributed by atoms with Crippen LogP contribution in [0.2, 0.25) is 0 Å². The molecule has 4 nitrogen and oxygen atoms in total. The van der Waals surface area contributed by atoms with Crippen molar-refractivity contribution in [2.24, 2.45) is 0 Å². The molecule has 0 saturated heterocycles. The first-order valence-electron chi connectivity index (χ1n) is 3.23. The van der Waals surface area contributed by atoms with E-state index in [0.29, 0.717) is 6.07 Å². The van der Waals surface area contributed by atoms with Crippen molar-refractivity contribution in [3.05, 3.63) is 45.3 Å². The molecule has 0 unspecified atom stereocenters. The Balaban J connectivity index is 0.000000583. The summed E-state index contributed by atoms with van der Waals surface area (Å²) in [6.07, 6.45) is 0. The highest BCUT2D eigenvalue weighted by Gasteiger charge is 2.18. The molecule has 0 spiro atoms. The average Bonchev–Trinajstić information content (AvgIpc) is 2.21. The zero-order chi connectivity index (χ0) is 12.0. The number of nitrogens with zero attached hydrogens (tertiary/aromatic N) is 3. The first kappa shape index (κ1) is 12.7. The summed E-state index contributed by atoms with van der Waals surface area (Å²) in [6.45, 7) is 0. The van der Waals surface area contributed by atoms with Crippen LogP contribution in [-0.4, -0.2) is 0 Å². The number of hydrogen-bond acceptors (Lipinski definition) is 2. The van der Waals surface area contributed by atoms with E-state index in [1.165, 1.54) is 6.07 Å². The lowest BCUT2D eigenvalue weighted by Gasteiger charge is -1.97. The van der Waals surface area contributed by atoms with Gasteiger partial charge in [-0.25, -0.2) is 17.6 Å². The molecule has 0 aliphatic heterocycles. The van der Waals surface area contributed by atoms with E-state index in [1.807, 2.05) is 0 Å². The Morgan fingerprint density at radius 3 is 2.07 bits per heavy atom. The summed E-state index contributed by atoms with van der Waals surface area (Å²) in [5.74, 6) is -7.13. The second-order valence-electron chi connectivity index (χ2n) is 2.06. The number of nitriles is 1. The maximum Gasteiger partial charge on any atom is 0.198 e. The Bertz CT molecular complexity index is 445. The molecule has 0 heterocycles. The molecule has 0 aliphatic carbocycles. The van der Waals surface area contributed by atoms with Gasteiger partial charge in [0.05, 0.1) is 5.56 Å². The van der Waals surface area contributed by atoms with Gasteiger partial charge in [0.1, 0.15) is 6.07 Å². The third-order valence-corrected chi connectivity index (χ3v) is 1.22. The molecule has 15 heavy (non-hydrogen) atoms. The van der Waals surface area contributed by atoms with Crippen molar-refractivity contribution in [1.82, 2.24) is 0 Å². The van der Waals surface area contributed by atoms with Crippen LogP contribution in [0.15, 0.2) is 6.07 Å². The van der Waals surface area contributed by atoms with Gasteiger partial charge in [-0.15, -0.1) is 5.53 Å². The predicted molar refractivity (Wildman–Crippen MR) is 40.4 cm³/mol. The zero-order valence-corrected chi connectivity index (χ0v) is 6.93. The van der Waals surface area contributed by atoms with Crippen LogP contribution < -0.4 is 0 Å². The fourth-order valence-electron chi connectivity index (χ4n) is 0.654. The van der Waals surface area contributed by atoms with Crippen molar-refractivity contribution in [2.75, 3.05) is 0 Å². The Morgan fingerprint density at radius 2 is 1.67 bits per heavy atom. The Kier molecular flexibility index (Phi) is 4.64. The summed E-state index contributed by atoms with van der Waals surface area (Å²) >= 11 is 0. The van der Waals surface area contributed by atoms with E-state index in [4.69, 9.17) is 16.3 Å². The minimum absolute atomic E-state index is 0.299. The van der Waals surface area contributed by atoms with E-state index in [9.17, 15) is 17.6 Å². The van der Waals surface area contributed by atoms with Gasteiger partial charge >= 0.3 is 0 Å². The second-order valence-corrected chi connectivity index (χ2v) is 2.06. The molecule has 0 aromatic heterocycles. The maximum atomic E-state index is 12.4. The normalized spacial score (nSPS) is 8.20. The molecule has 1 aromatic carbocycles. The first-order valence-corrected chi connectivity index (χ1v) is 3.23. The van der Waals surface area contributed by atoms with E-state index in [-0.39, 0.29) is 0 Å². The van der Waals surface area contributed by atoms with Gasteiger partial charge in [-0.3, -0.25) is 0 Å². The fourth-order valence-corrected chi connectivity index (χ4v) is 0.654. The molecule has 1 aromatic rings. The highest BCUT2D eigenvalue weighted by molar-refractivity contribution is 5.32. The number of hydrogen-bond donors (Lipinski definition) is 1. The minimum Gasteiger partial charge on any atom is -0.204 e. The molecule has 8 heteroatoms. The average molecular weight is 218 g/mol. The summed E-state index contributed by atoms with van der Waals surface area (Å²) in [5.41, 5.74) is 11.4. The van der Waals surface area contributed by atoms with Crippen LogP contribution >= 0.6 is 0 Å². The molecule has 78 valence electrons. The van der Waals surface area contributed by atoms with Crippen LogP contribution in [0.3, 0.4) is 0 Å². The summed E-state index contributed by atoms with van der Waals surface area (Å²) in [5, 5.41) is 8.11. The van der Waals surface area contributed by atoms with Crippen molar-refractivity contribution < 1.29 is 17.6 Å². The Morgan fingerprint density at radius 1 is 1.20 bits per heavy atom. The van der Waals surface area contributed by atoms with Crippen LogP contribution in [0.25, 0.3) is 10.4 Å². The first-order chi connectivity index (χ1) is 6.99. The molecule has 0 atom stereocenters. The number of benzene rings is 1. The van der Waals surface area contributed by atoms with Crippen LogP contribution in [0.4, 0.5) is 17.6 Å². The third-order valence-electron chi connectivity index (χ3n) is 1.22. The highest BCUT2D eigenvalue weighted by Crippen LogP contribution is 2.17. The van der Waals surface area contributed by atoms with Crippen LogP contribution in [0.5, 0.6) is 0 Å². The third kappa shape index (κ3) is 2.86. The van der Waals surface area contributed by atoms with Crippen LogP contribution in [-0.2, 0) is 0 Å². The lowest BCUT2D eigenvalue weighted by Crippen LogP contribution is -1.98. The molecule has 1 N–H and O–H groups in total. The van der Waals surface area contributed by atoms with E-state index in [1.54, 1.807) is 4.91 Å². The van der Waals surface area contributed by atoms with Crippen molar-refractivity contribution in [1.29, 1.82) is 10.8 Å². The van der Waals surface area contributed by atoms with E-state index < -0.39 is 28.8 Å². The van der Waals surface area contributed by atoms with Gasteiger partial charge in [-0.05, 0) is 16.5 Å². The maximum absolute atomic E-state index is 12.4. The quantitative estimate of drug-likeness (QED) is 0.178. The summed E-state index contributed by atoms with van der Waals surface area (Å²) in [6, 6.07) is 1.48. The predicted octanol–water partition coefficient (Wildman–Crippen LogP) is 2.99. The molecule has 0 amide bonds. The lowest BCUT2D eigenvalue weighted by molar-refractivity contribution is 0.408. The van der Waals surface area contributed by atoms with E-state index in [0.717, 1.165) is 0 Å². The van der Waals surface area contributed by atoms with Gasteiger partial charge in [-0.2, -0.15) is 5.26 Å². The molecular formula is C7H2F4N4. The number of halogens is 4. The standard InChI is InChI=1S/C7HF4N.HN3/c8-4-1-3(2-12)5(9)7(11)6(4)10;1-3-2/h1H;1H. The number of rotatable bonds is 0. The summed E-state index contributed by atoms with van der Waals surface area (Å²) in [4.78, 5) is 1.75. The Labute approximate surface area is 80.8 Å². The Hall–Kier alpha value is -2.26. The van der Waals surface area contributed by atoms with Gasteiger partial charge in [-0.1, -0.05) is 0 Å². The van der Waals surface area contributed by atoms with Crippen molar-refractivity contribution in [2.45, 2.75) is 0 Å². The smallest absolute Gasteiger partial charge is 0.198 e. The summed E-state index contributed by atoms with van der Waals surface area (Å²) < 4.78 is 49.2. The highest BCUT2D eigenvalue weighted by atomic mass is 19.2. The second kappa shape index (κ2) is 5.47. The molecule has 0 fully saturated rings. The van der Waals surface area contributed by atoms with Gasteiger partial charge in [0.15, 0.2) is 23.3 Å². The summed E-state index contributed by atoms with van der Waals surface area (Å²) in [7, 11) is 0. The van der Waals surface area contributed by atoms with Crippen LogP contribution in [0.1, 0.15) is 5.56 Å². The molecular weight excluding hydrogens is 216 g/mol. The van der Waals surface area contributed by atoms with Crippen molar-refractivity contribution >= 4 is 0 Å². The molecule has 0 saturated carbocycles.